The monoisotopic (exact) mass is 304 g/mol. The van der Waals surface area contributed by atoms with Crippen molar-refractivity contribution in [3.05, 3.63) is 66.9 Å². The summed E-state index contributed by atoms with van der Waals surface area (Å²) in [6.45, 7) is 0. The van der Waals surface area contributed by atoms with Crippen LogP contribution in [0.5, 0.6) is 0 Å². The first-order chi connectivity index (χ1) is 11.3. The lowest BCUT2D eigenvalue weighted by molar-refractivity contribution is 0.102. The maximum Gasteiger partial charge on any atom is 0.277 e. The zero-order chi connectivity index (χ0) is 15.6. The van der Waals surface area contributed by atoms with Crippen LogP contribution in [0.25, 0.3) is 16.9 Å². The third-order valence-corrected chi connectivity index (χ3v) is 3.39. The summed E-state index contributed by atoms with van der Waals surface area (Å²) < 4.78 is 1.80. The van der Waals surface area contributed by atoms with Crippen molar-refractivity contribution in [2.75, 3.05) is 5.32 Å². The first-order valence-electron chi connectivity index (χ1n) is 7.01. The third-order valence-electron chi connectivity index (χ3n) is 3.39. The average Bonchev–Trinajstić information content (AvgIpc) is 3.24. The van der Waals surface area contributed by atoms with Crippen LogP contribution in [0.15, 0.2) is 61.2 Å². The molecule has 0 radical (unpaired) electrons. The molecule has 0 fully saturated rings. The molecule has 0 spiro atoms. The van der Waals surface area contributed by atoms with E-state index in [4.69, 9.17) is 0 Å². The summed E-state index contributed by atoms with van der Waals surface area (Å²) in [4.78, 5) is 20.6. The van der Waals surface area contributed by atoms with Crippen LogP contribution in [0.4, 0.5) is 5.82 Å². The Labute approximate surface area is 131 Å². The van der Waals surface area contributed by atoms with Gasteiger partial charge in [0.25, 0.3) is 5.91 Å². The zero-order valence-electron chi connectivity index (χ0n) is 12.0. The van der Waals surface area contributed by atoms with Crippen LogP contribution in [-0.2, 0) is 0 Å². The number of H-pyrrole nitrogens is 1. The quantitative estimate of drug-likeness (QED) is 0.608. The van der Waals surface area contributed by atoms with Gasteiger partial charge in [-0.1, -0.05) is 6.07 Å². The summed E-state index contributed by atoms with van der Waals surface area (Å²) >= 11 is 0. The fourth-order valence-corrected chi connectivity index (χ4v) is 2.29. The minimum absolute atomic E-state index is 0.297. The molecule has 0 aliphatic rings. The fraction of sp³-hybridized carbons (Fsp3) is 0. The topological polar surface area (TPSA) is 88.0 Å². The number of carbonyl (C=O) groups excluding carboxylic acids is 1. The fourth-order valence-electron chi connectivity index (χ4n) is 2.29. The number of nitrogens with zero attached hydrogens (tertiary/aromatic N) is 4. The van der Waals surface area contributed by atoms with E-state index in [1.54, 1.807) is 35.1 Å². The number of anilines is 1. The Bertz CT molecular complexity index is 959. The van der Waals surface area contributed by atoms with Gasteiger partial charge in [-0.05, 0) is 30.3 Å². The van der Waals surface area contributed by atoms with E-state index in [1.165, 1.54) is 0 Å². The molecular weight excluding hydrogens is 292 g/mol. The van der Waals surface area contributed by atoms with Gasteiger partial charge in [-0.3, -0.25) is 9.89 Å². The molecule has 0 aliphatic carbocycles. The van der Waals surface area contributed by atoms with E-state index < -0.39 is 0 Å². The van der Waals surface area contributed by atoms with Crippen molar-refractivity contribution in [2.45, 2.75) is 0 Å². The van der Waals surface area contributed by atoms with E-state index in [9.17, 15) is 4.79 Å². The normalized spacial score (nSPS) is 10.8. The summed E-state index contributed by atoms with van der Waals surface area (Å²) in [6, 6.07) is 11.0. The van der Waals surface area contributed by atoms with Crippen LogP contribution in [0.3, 0.4) is 0 Å². The van der Waals surface area contributed by atoms with Gasteiger partial charge >= 0.3 is 0 Å². The largest absolute Gasteiger partial charge is 0.306 e. The lowest BCUT2D eigenvalue weighted by atomic mass is 10.2. The molecule has 7 heteroatoms. The van der Waals surface area contributed by atoms with Crippen LogP contribution in [0.1, 0.15) is 10.5 Å². The van der Waals surface area contributed by atoms with Gasteiger partial charge in [-0.15, -0.1) is 0 Å². The molecule has 0 unspecified atom stereocenters. The van der Waals surface area contributed by atoms with E-state index in [2.05, 4.69) is 25.5 Å². The Hall–Kier alpha value is -3.48. The second-order valence-corrected chi connectivity index (χ2v) is 4.94. The van der Waals surface area contributed by atoms with E-state index in [0.717, 1.165) is 11.3 Å². The van der Waals surface area contributed by atoms with Crippen molar-refractivity contribution in [3.63, 3.8) is 0 Å². The van der Waals surface area contributed by atoms with Crippen molar-refractivity contribution in [2.24, 2.45) is 0 Å². The van der Waals surface area contributed by atoms with Gasteiger partial charge < -0.3 is 9.72 Å². The first-order valence-corrected chi connectivity index (χ1v) is 7.01. The summed E-state index contributed by atoms with van der Waals surface area (Å²) in [5, 5.41) is 9.64. The number of rotatable bonds is 3. The van der Waals surface area contributed by atoms with E-state index in [0.29, 0.717) is 17.2 Å². The molecule has 0 saturated carbocycles. The van der Waals surface area contributed by atoms with Gasteiger partial charge in [0.05, 0.1) is 5.69 Å². The molecule has 2 N–H and O–H groups in total. The maximum absolute atomic E-state index is 12.3. The highest BCUT2D eigenvalue weighted by atomic mass is 16.2. The van der Waals surface area contributed by atoms with Gasteiger partial charge in [-0.2, -0.15) is 5.10 Å². The molecule has 112 valence electrons. The zero-order valence-corrected chi connectivity index (χ0v) is 12.0. The molecule has 23 heavy (non-hydrogen) atoms. The number of nitrogens with one attached hydrogen (secondary N) is 2. The van der Waals surface area contributed by atoms with Crippen LogP contribution in [-0.4, -0.2) is 30.5 Å². The first kappa shape index (κ1) is 13.2. The Kier molecular flexibility index (Phi) is 3.09. The lowest BCUT2D eigenvalue weighted by Crippen LogP contribution is -2.13. The highest BCUT2D eigenvalue weighted by Gasteiger charge is 2.12. The van der Waals surface area contributed by atoms with E-state index >= 15 is 0 Å². The molecule has 0 saturated heterocycles. The molecule has 1 amide bonds. The Morgan fingerprint density at radius 1 is 1.13 bits per heavy atom. The molecule has 4 aromatic rings. The number of carbonyl (C=O) groups is 1. The van der Waals surface area contributed by atoms with Gasteiger partial charge in [0.2, 0.25) is 0 Å². The Balaban J connectivity index is 1.65. The Morgan fingerprint density at radius 3 is 2.87 bits per heavy atom. The number of imidazole rings is 1. The van der Waals surface area contributed by atoms with Gasteiger partial charge in [-0.25, -0.2) is 9.97 Å². The number of hydrogen-bond acceptors (Lipinski definition) is 4. The van der Waals surface area contributed by atoms with E-state index in [1.807, 2.05) is 30.5 Å². The molecular formula is C16H12N6O. The number of aromatic amines is 1. The minimum Gasteiger partial charge on any atom is -0.306 e. The van der Waals surface area contributed by atoms with Gasteiger partial charge in [0, 0.05) is 30.4 Å². The molecule has 0 bridgehead atoms. The summed E-state index contributed by atoms with van der Waals surface area (Å²) in [7, 11) is 0. The summed E-state index contributed by atoms with van der Waals surface area (Å²) in [6.07, 6.45) is 6.95. The van der Waals surface area contributed by atoms with Gasteiger partial charge in [0.1, 0.15) is 17.2 Å². The van der Waals surface area contributed by atoms with Crippen LogP contribution >= 0.6 is 0 Å². The molecule has 4 aromatic heterocycles. The molecule has 7 nitrogen and oxygen atoms in total. The van der Waals surface area contributed by atoms with Crippen molar-refractivity contribution in [1.82, 2.24) is 24.6 Å². The predicted molar refractivity (Wildman–Crippen MR) is 85.0 cm³/mol. The van der Waals surface area contributed by atoms with Gasteiger partial charge in [0.15, 0.2) is 0 Å². The predicted octanol–water partition coefficient (Wildman–Crippen LogP) is 2.37. The average molecular weight is 304 g/mol. The lowest BCUT2D eigenvalue weighted by Gasteiger charge is -2.00. The highest BCUT2D eigenvalue weighted by molar-refractivity contribution is 6.02. The number of pyridine rings is 2. The number of amides is 1. The van der Waals surface area contributed by atoms with Crippen LogP contribution < -0.4 is 5.32 Å². The van der Waals surface area contributed by atoms with Crippen molar-refractivity contribution < 1.29 is 4.79 Å². The van der Waals surface area contributed by atoms with Crippen molar-refractivity contribution in [3.8, 4) is 11.3 Å². The SMILES string of the molecule is O=C(Nc1ccccn1)c1cn2cc(-c3cc[nH]n3)ccc2n1. The standard InChI is InChI=1S/C16H12N6O/c23-16(20-14-3-1-2-7-17-14)13-10-22-9-11(4-5-15(22)19-13)12-6-8-18-21-12/h1-10H,(H,18,21)(H,17,20,23). The van der Waals surface area contributed by atoms with Crippen LogP contribution in [0.2, 0.25) is 0 Å². The number of hydrogen-bond donors (Lipinski definition) is 2. The number of fused-ring (bicyclic) bond motifs is 1. The molecule has 4 rings (SSSR count). The molecule has 0 aromatic carbocycles. The highest BCUT2D eigenvalue weighted by Crippen LogP contribution is 2.17. The molecule has 0 atom stereocenters. The molecule has 0 aliphatic heterocycles. The second-order valence-electron chi connectivity index (χ2n) is 4.94. The summed E-state index contributed by atoms with van der Waals surface area (Å²) in [5.74, 6) is 0.195. The van der Waals surface area contributed by atoms with Crippen LogP contribution in [0, 0.1) is 0 Å². The summed E-state index contributed by atoms with van der Waals surface area (Å²) in [5.41, 5.74) is 2.79. The maximum atomic E-state index is 12.3. The third kappa shape index (κ3) is 2.55. The van der Waals surface area contributed by atoms with Crippen molar-refractivity contribution in [1.29, 1.82) is 0 Å². The Morgan fingerprint density at radius 2 is 2.09 bits per heavy atom. The number of aromatic nitrogens is 5. The molecule has 4 heterocycles. The minimum atomic E-state index is -0.297. The smallest absolute Gasteiger partial charge is 0.277 e. The van der Waals surface area contributed by atoms with E-state index in [-0.39, 0.29) is 5.91 Å². The second kappa shape index (κ2) is 5.38. The van der Waals surface area contributed by atoms with Crippen molar-refractivity contribution >= 4 is 17.4 Å².